The van der Waals surface area contributed by atoms with Gasteiger partial charge in [0.1, 0.15) is 0 Å². The predicted octanol–water partition coefficient (Wildman–Crippen LogP) is 1.62. The van der Waals surface area contributed by atoms with E-state index in [4.69, 9.17) is 9.15 Å². The number of ether oxygens (including phenoxy) is 2. The number of benzene rings is 1. The predicted molar refractivity (Wildman–Crippen MR) is 71.2 cm³/mol. The van der Waals surface area contributed by atoms with E-state index in [-0.39, 0.29) is 12.5 Å². The molecule has 1 N–H and O–H groups in total. The number of fused-ring (bicyclic) bond motifs is 1. The number of hydrogen-bond acceptors (Lipinski definition) is 5. The maximum Gasteiger partial charge on any atom is 0.343 e. The summed E-state index contributed by atoms with van der Waals surface area (Å²) in [7, 11) is 1.30. The minimum atomic E-state index is -0.466. The summed E-state index contributed by atoms with van der Waals surface area (Å²) in [6.07, 6.45) is 1.56. The molecule has 20 heavy (non-hydrogen) atoms. The van der Waals surface area contributed by atoms with Gasteiger partial charge in [-0.05, 0) is 6.07 Å². The summed E-state index contributed by atoms with van der Waals surface area (Å²) in [4.78, 5) is 22.0. The van der Waals surface area contributed by atoms with Gasteiger partial charge in [-0.15, -0.1) is 0 Å². The van der Waals surface area contributed by atoms with Crippen LogP contribution in [0.15, 0.2) is 28.9 Å². The summed E-state index contributed by atoms with van der Waals surface area (Å²) in [5.74, 6) is -0.119. The molecule has 0 radical (unpaired) electrons. The number of esters is 1. The summed E-state index contributed by atoms with van der Waals surface area (Å²) in [6, 6.07) is 5.36. The van der Waals surface area contributed by atoms with E-state index in [0.29, 0.717) is 17.9 Å². The molecule has 1 aromatic heterocycles. The number of furan rings is 1. The number of carbonyl (C=O) groups excluding carboxylic acids is 2. The van der Waals surface area contributed by atoms with E-state index in [1.54, 1.807) is 18.4 Å². The second kappa shape index (κ2) is 6.10. The van der Waals surface area contributed by atoms with Crippen LogP contribution < -0.4 is 10.1 Å². The number of para-hydroxylation sites is 1. The van der Waals surface area contributed by atoms with E-state index in [2.05, 4.69) is 10.1 Å². The van der Waals surface area contributed by atoms with Gasteiger partial charge >= 0.3 is 5.97 Å². The van der Waals surface area contributed by atoms with Crippen LogP contribution in [0.4, 0.5) is 0 Å². The van der Waals surface area contributed by atoms with Gasteiger partial charge in [0, 0.05) is 24.4 Å². The number of carbonyl (C=O) groups is 2. The number of nitrogens with one attached hydrogen (secondary N) is 1. The van der Waals surface area contributed by atoms with Crippen molar-refractivity contribution in [3.8, 4) is 5.75 Å². The lowest BCUT2D eigenvalue weighted by molar-refractivity contribution is -0.142. The van der Waals surface area contributed by atoms with E-state index in [0.717, 1.165) is 10.9 Å². The summed E-state index contributed by atoms with van der Waals surface area (Å²) >= 11 is 0. The molecule has 6 nitrogen and oxygen atoms in total. The van der Waals surface area contributed by atoms with Gasteiger partial charge in [-0.25, -0.2) is 4.79 Å². The van der Waals surface area contributed by atoms with Gasteiger partial charge in [0.25, 0.3) is 0 Å². The van der Waals surface area contributed by atoms with Crippen molar-refractivity contribution in [3.63, 3.8) is 0 Å². The molecule has 0 fully saturated rings. The van der Waals surface area contributed by atoms with Crippen LogP contribution in [0.25, 0.3) is 11.0 Å². The molecular formula is C14H15NO5. The molecule has 1 aromatic carbocycles. The fourth-order valence-electron chi connectivity index (χ4n) is 1.75. The average molecular weight is 277 g/mol. The number of rotatable bonds is 5. The summed E-state index contributed by atoms with van der Waals surface area (Å²) < 4.78 is 15.3. The molecular weight excluding hydrogens is 262 g/mol. The normalized spacial score (nSPS) is 10.3. The second-order valence-corrected chi connectivity index (χ2v) is 4.17. The highest BCUT2D eigenvalue weighted by Crippen LogP contribution is 2.29. The minimum Gasteiger partial charge on any atom is -0.478 e. The zero-order chi connectivity index (χ0) is 14.5. The van der Waals surface area contributed by atoms with Crippen LogP contribution in [0.3, 0.4) is 0 Å². The summed E-state index contributed by atoms with van der Waals surface area (Å²) in [5.41, 5.74) is 1.38. The van der Waals surface area contributed by atoms with Crippen molar-refractivity contribution in [1.82, 2.24) is 5.32 Å². The maximum absolute atomic E-state index is 11.1. The van der Waals surface area contributed by atoms with Gasteiger partial charge in [0.2, 0.25) is 5.91 Å². The Morgan fingerprint density at radius 3 is 2.85 bits per heavy atom. The smallest absolute Gasteiger partial charge is 0.343 e. The first kappa shape index (κ1) is 13.9. The lowest BCUT2D eigenvalue weighted by atomic mass is 10.1. The highest BCUT2D eigenvalue weighted by molar-refractivity contribution is 5.87. The Morgan fingerprint density at radius 2 is 2.15 bits per heavy atom. The molecule has 1 amide bonds. The Kier molecular flexibility index (Phi) is 4.24. The van der Waals surface area contributed by atoms with Crippen LogP contribution in [0, 0.1) is 0 Å². The van der Waals surface area contributed by atoms with Crippen LogP contribution >= 0.6 is 0 Å². The minimum absolute atomic E-state index is 0.113. The molecule has 6 heteroatoms. The Morgan fingerprint density at radius 1 is 1.35 bits per heavy atom. The zero-order valence-corrected chi connectivity index (χ0v) is 11.3. The Balaban J connectivity index is 2.20. The van der Waals surface area contributed by atoms with Crippen molar-refractivity contribution in [2.45, 2.75) is 13.5 Å². The van der Waals surface area contributed by atoms with E-state index in [1.807, 2.05) is 6.07 Å². The van der Waals surface area contributed by atoms with Gasteiger partial charge in [-0.3, -0.25) is 4.79 Å². The molecule has 0 saturated carbocycles. The van der Waals surface area contributed by atoms with Crippen molar-refractivity contribution < 1.29 is 23.5 Å². The third-order valence-corrected chi connectivity index (χ3v) is 2.74. The van der Waals surface area contributed by atoms with E-state index >= 15 is 0 Å². The largest absolute Gasteiger partial charge is 0.478 e. The Bertz CT molecular complexity index is 632. The molecule has 0 bridgehead atoms. The molecule has 2 aromatic rings. The molecule has 0 unspecified atom stereocenters. The molecule has 0 aliphatic carbocycles. The zero-order valence-electron chi connectivity index (χ0n) is 11.3. The summed E-state index contributed by atoms with van der Waals surface area (Å²) in [6.45, 7) is 1.65. The molecule has 0 atom stereocenters. The number of methoxy groups -OCH3 is 1. The average Bonchev–Trinajstić information content (AvgIpc) is 2.86. The maximum atomic E-state index is 11.1. The molecule has 0 aliphatic heterocycles. The molecule has 0 aliphatic rings. The SMILES string of the molecule is COC(=O)COc1cccc2c(CNC(C)=O)coc12. The highest BCUT2D eigenvalue weighted by atomic mass is 16.6. The van der Waals surface area contributed by atoms with Crippen molar-refractivity contribution in [2.75, 3.05) is 13.7 Å². The molecule has 0 spiro atoms. The Labute approximate surface area is 115 Å². The summed E-state index contributed by atoms with van der Waals surface area (Å²) in [5, 5.41) is 3.54. The van der Waals surface area contributed by atoms with E-state index in [9.17, 15) is 9.59 Å². The first-order chi connectivity index (χ1) is 9.61. The third kappa shape index (κ3) is 3.09. The van der Waals surface area contributed by atoms with Crippen LogP contribution in [0.2, 0.25) is 0 Å². The quantitative estimate of drug-likeness (QED) is 0.840. The molecule has 0 saturated heterocycles. The molecule has 2 rings (SSSR count). The number of amides is 1. The molecule has 106 valence electrons. The van der Waals surface area contributed by atoms with E-state index < -0.39 is 5.97 Å². The van der Waals surface area contributed by atoms with Gasteiger partial charge in [-0.1, -0.05) is 12.1 Å². The van der Waals surface area contributed by atoms with Crippen molar-refractivity contribution >= 4 is 22.8 Å². The third-order valence-electron chi connectivity index (χ3n) is 2.74. The fourth-order valence-corrected chi connectivity index (χ4v) is 1.75. The van der Waals surface area contributed by atoms with Gasteiger partial charge in [-0.2, -0.15) is 0 Å². The lowest BCUT2D eigenvalue weighted by Crippen LogP contribution is -2.18. The standard InChI is InChI=1S/C14H15NO5/c1-9(16)15-6-10-7-20-14-11(10)4-3-5-12(14)19-8-13(17)18-2/h3-5,7H,6,8H2,1-2H3,(H,15,16). The topological polar surface area (TPSA) is 77.8 Å². The lowest BCUT2D eigenvalue weighted by Gasteiger charge is -2.05. The van der Waals surface area contributed by atoms with Gasteiger partial charge in [0.15, 0.2) is 17.9 Å². The van der Waals surface area contributed by atoms with Crippen LogP contribution in [-0.2, 0) is 20.9 Å². The first-order valence-corrected chi connectivity index (χ1v) is 6.05. The van der Waals surface area contributed by atoms with Gasteiger partial charge in [0.05, 0.1) is 13.4 Å². The van der Waals surface area contributed by atoms with Crippen LogP contribution in [-0.4, -0.2) is 25.6 Å². The molecule has 1 heterocycles. The second-order valence-electron chi connectivity index (χ2n) is 4.17. The first-order valence-electron chi connectivity index (χ1n) is 6.05. The Hall–Kier alpha value is -2.50. The number of hydrogen-bond donors (Lipinski definition) is 1. The van der Waals surface area contributed by atoms with Crippen molar-refractivity contribution in [1.29, 1.82) is 0 Å². The monoisotopic (exact) mass is 277 g/mol. The van der Waals surface area contributed by atoms with Gasteiger partial charge < -0.3 is 19.2 Å². The van der Waals surface area contributed by atoms with E-state index in [1.165, 1.54) is 14.0 Å². The highest BCUT2D eigenvalue weighted by Gasteiger charge is 2.12. The van der Waals surface area contributed by atoms with Crippen molar-refractivity contribution in [2.24, 2.45) is 0 Å². The van der Waals surface area contributed by atoms with Crippen molar-refractivity contribution in [3.05, 3.63) is 30.0 Å². The fraction of sp³-hybridized carbons (Fsp3) is 0.286. The van der Waals surface area contributed by atoms with Crippen LogP contribution in [0.1, 0.15) is 12.5 Å². The van der Waals surface area contributed by atoms with Crippen LogP contribution in [0.5, 0.6) is 5.75 Å².